The third kappa shape index (κ3) is 8.05. The van der Waals surface area contributed by atoms with Crippen molar-refractivity contribution in [3.63, 3.8) is 0 Å². The number of carbonyl (C=O) groups is 1. The molecular weight excluding hydrogens is 316 g/mol. The molecule has 6 nitrogen and oxygen atoms in total. The Kier molecular flexibility index (Phi) is 6.83. The summed E-state index contributed by atoms with van der Waals surface area (Å²) >= 11 is 5.55. The zero-order valence-corrected chi connectivity index (χ0v) is 12.3. The molecule has 112 valence electrons. The van der Waals surface area contributed by atoms with Gasteiger partial charge in [-0.1, -0.05) is 41.9 Å². The van der Waals surface area contributed by atoms with Crippen LogP contribution in [0.5, 0.6) is 0 Å². The van der Waals surface area contributed by atoms with Gasteiger partial charge in [0.25, 0.3) is 0 Å². The fourth-order valence-corrected chi connectivity index (χ4v) is 1.56. The van der Waals surface area contributed by atoms with Crippen LogP contribution >= 0.6 is 11.6 Å². The molecular formula is C13H13ClN2O4S. The number of carbonyl (C=O) groups excluding carboxylic acids is 1. The maximum atomic E-state index is 10.2. The third-order valence-corrected chi connectivity index (χ3v) is 2.72. The Bertz CT molecular complexity index is 660. The summed E-state index contributed by atoms with van der Waals surface area (Å²) in [5.41, 5.74) is 3.50. The van der Waals surface area contributed by atoms with Crippen molar-refractivity contribution in [1.29, 1.82) is 0 Å². The molecule has 0 aromatic heterocycles. The van der Waals surface area contributed by atoms with Gasteiger partial charge in [-0.3, -0.25) is 9.35 Å². The second-order valence-electron chi connectivity index (χ2n) is 3.74. The number of nitrogens with one attached hydrogen (secondary N) is 2. The average Bonchev–Trinajstić information content (AvgIpc) is 2.47. The summed E-state index contributed by atoms with van der Waals surface area (Å²) in [6.45, 7) is 0. The lowest BCUT2D eigenvalue weighted by Crippen LogP contribution is -2.28. The molecule has 21 heavy (non-hydrogen) atoms. The minimum atomic E-state index is -4.18. The first-order valence-electron chi connectivity index (χ1n) is 5.67. The molecule has 0 bridgehead atoms. The zero-order valence-electron chi connectivity index (χ0n) is 10.7. The summed E-state index contributed by atoms with van der Waals surface area (Å²) in [4.78, 5) is 11.8. The average molecular weight is 329 g/mol. The monoisotopic (exact) mass is 328 g/mol. The van der Waals surface area contributed by atoms with Gasteiger partial charge in [0.15, 0.2) is 0 Å². The molecule has 0 fully saturated rings. The van der Waals surface area contributed by atoms with Crippen molar-refractivity contribution in [3.05, 3.63) is 65.2 Å². The maximum absolute atomic E-state index is 10.2. The molecule has 0 radical (unpaired) electrons. The Morgan fingerprint density at radius 3 is 2.05 bits per heavy atom. The van der Waals surface area contributed by atoms with E-state index >= 15 is 0 Å². The molecule has 2 aromatic rings. The summed E-state index contributed by atoms with van der Waals surface area (Å²) in [7, 11) is -4.18. The van der Waals surface area contributed by atoms with Crippen LogP contribution in [0.1, 0.15) is 10.4 Å². The second-order valence-corrected chi connectivity index (χ2v) is 5.33. The molecule has 0 aliphatic rings. The van der Waals surface area contributed by atoms with E-state index in [-0.39, 0.29) is 0 Å². The van der Waals surface area contributed by atoms with Crippen molar-refractivity contribution >= 4 is 33.9 Å². The van der Waals surface area contributed by atoms with E-state index in [0.717, 1.165) is 6.29 Å². The van der Waals surface area contributed by atoms with Crippen LogP contribution in [0.25, 0.3) is 0 Å². The van der Waals surface area contributed by atoms with Crippen molar-refractivity contribution in [3.8, 4) is 0 Å². The summed E-state index contributed by atoms with van der Waals surface area (Å²) < 4.78 is 28.7. The van der Waals surface area contributed by atoms with Gasteiger partial charge in [0.05, 0.1) is 0 Å². The number of hydrogen-bond donors (Lipinski definition) is 3. The van der Waals surface area contributed by atoms with Crippen LogP contribution in [0.2, 0.25) is 5.02 Å². The Hall–Kier alpha value is -1.93. The normalized spacial score (nSPS) is 10.2. The Labute approximate surface area is 127 Å². The van der Waals surface area contributed by atoms with Crippen LogP contribution in [0.15, 0.2) is 54.6 Å². The quantitative estimate of drug-likeness (QED) is 0.455. The number of anilines is 1. The first kappa shape index (κ1) is 17.1. The zero-order chi connectivity index (χ0) is 15.7. The van der Waals surface area contributed by atoms with Gasteiger partial charge in [0.1, 0.15) is 6.29 Å². The molecule has 0 aliphatic carbocycles. The second kappa shape index (κ2) is 8.38. The highest BCUT2D eigenvalue weighted by Crippen LogP contribution is 2.07. The fraction of sp³-hybridized carbons (Fsp3) is 0. The number of halogens is 1. The van der Waals surface area contributed by atoms with E-state index in [0.29, 0.717) is 16.3 Å². The van der Waals surface area contributed by atoms with Crippen LogP contribution in [-0.4, -0.2) is 19.3 Å². The minimum Gasteiger partial charge on any atom is -0.306 e. The van der Waals surface area contributed by atoms with Gasteiger partial charge in [0.2, 0.25) is 0 Å². The van der Waals surface area contributed by atoms with Crippen LogP contribution in [0.3, 0.4) is 0 Å². The minimum absolute atomic E-state index is 0.551. The van der Waals surface area contributed by atoms with Crippen LogP contribution in [0, 0.1) is 0 Å². The lowest BCUT2D eigenvalue weighted by atomic mass is 10.2. The van der Waals surface area contributed by atoms with E-state index in [1.54, 1.807) is 59.4 Å². The predicted molar refractivity (Wildman–Crippen MR) is 81.6 cm³/mol. The first-order valence-corrected chi connectivity index (χ1v) is 7.48. The van der Waals surface area contributed by atoms with Gasteiger partial charge in [-0.2, -0.15) is 8.42 Å². The van der Waals surface area contributed by atoms with E-state index in [4.69, 9.17) is 16.2 Å². The number of hydrogen-bond acceptors (Lipinski definition) is 4. The molecule has 0 unspecified atom stereocenters. The van der Waals surface area contributed by atoms with Gasteiger partial charge in [0, 0.05) is 16.3 Å². The molecule has 8 heteroatoms. The van der Waals surface area contributed by atoms with Crippen LogP contribution < -0.4 is 10.3 Å². The summed E-state index contributed by atoms with van der Waals surface area (Å²) in [6.07, 6.45) is 0.788. The standard InChI is InChI=1S/C7H5ClO.C6H8N2O3S/c8-7-3-1-6(5-9)2-4-7;9-12(10,11)8-7-6-4-2-1-3-5-6/h1-5H;1-5,7-8H,(H,9,10,11). The van der Waals surface area contributed by atoms with Crippen LogP contribution in [0.4, 0.5) is 5.69 Å². The van der Waals surface area contributed by atoms with Crippen LogP contribution in [-0.2, 0) is 10.3 Å². The van der Waals surface area contributed by atoms with E-state index in [1.165, 1.54) is 0 Å². The highest BCUT2D eigenvalue weighted by molar-refractivity contribution is 7.83. The van der Waals surface area contributed by atoms with Gasteiger partial charge in [-0.15, -0.1) is 4.83 Å². The molecule has 0 saturated heterocycles. The SMILES string of the molecule is O=Cc1ccc(Cl)cc1.O=S(=O)(O)NNc1ccccc1. The van der Waals surface area contributed by atoms with Crippen molar-refractivity contribution in [2.75, 3.05) is 5.43 Å². The largest absolute Gasteiger partial charge is 0.350 e. The molecule has 0 heterocycles. The number of rotatable bonds is 4. The maximum Gasteiger partial charge on any atom is 0.350 e. The van der Waals surface area contributed by atoms with E-state index in [9.17, 15) is 13.2 Å². The number of hydrazine groups is 1. The lowest BCUT2D eigenvalue weighted by molar-refractivity contribution is 0.112. The third-order valence-electron chi connectivity index (χ3n) is 2.10. The van der Waals surface area contributed by atoms with E-state index in [1.807, 2.05) is 0 Å². The van der Waals surface area contributed by atoms with Crippen molar-refractivity contribution < 1.29 is 17.8 Å². The fourth-order valence-electron chi connectivity index (χ4n) is 1.19. The number of benzene rings is 2. The first-order chi connectivity index (χ1) is 9.90. The number of para-hydroxylation sites is 1. The van der Waals surface area contributed by atoms with Gasteiger partial charge in [-0.05, 0) is 24.3 Å². The molecule has 0 aliphatic heterocycles. The van der Waals surface area contributed by atoms with E-state index < -0.39 is 10.3 Å². The molecule has 0 amide bonds. The summed E-state index contributed by atoms with van der Waals surface area (Å²) in [5, 5.41) is 0.653. The smallest absolute Gasteiger partial charge is 0.306 e. The summed E-state index contributed by atoms with van der Waals surface area (Å²) in [6, 6.07) is 15.3. The molecule has 0 saturated carbocycles. The molecule has 3 N–H and O–H groups in total. The van der Waals surface area contributed by atoms with Gasteiger partial charge in [-0.25, -0.2) is 0 Å². The highest BCUT2D eigenvalue weighted by atomic mass is 35.5. The molecule has 2 aromatic carbocycles. The predicted octanol–water partition coefficient (Wildman–Crippen LogP) is 2.56. The lowest BCUT2D eigenvalue weighted by Gasteiger charge is -2.03. The highest BCUT2D eigenvalue weighted by Gasteiger charge is 1.99. The molecule has 2 rings (SSSR count). The Morgan fingerprint density at radius 2 is 1.57 bits per heavy atom. The topological polar surface area (TPSA) is 95.5 Å². The van der Waals surface area contributed by atoms with Crippen molar-refractivity contribution in [2.45, 2.75) is 0 Å². The van der Waals surface area contributed by atoms with Crippen molar-refractivity contribution in [2.24, 2.45) is 0 Å². The Morgan fingerprint density at radius 1 is 1.00 bits per heavy atom. The number of aldehydes is 1. The molecule has 0 atom stereocenters. The molecule has 0 spiro atoms. The van der Waals surface area contributed by atoms with Crippen molar-refractivity contribution in [1.82, 2.24) is 4.83 Å². The van der Waals surface area contributed by atoms with Gasteiger partial charge < -0.3 is 5.43 Å². The Balaban J connectivity index is 0.000000219. The summed E-state index contributed by atoms with van der Waals surface area (Å²) in [5.74, 6) is 0. The van der Waals surface area contributed by atoms with Gasteiger partial charge >= 0.3 is 10.3 Å². The van der Waals surface area contributed by atoms with E-state index in [2.05, 4.69) is 5.43 Å².